The fourth-order valence-electron chi connectivity index (χ4n) is 1.10. The Morgan fingerprint density at radius 1 is 1.53 bits per heavy atom. The summed E-state index contributed by atoms with van der Waals surface area (Å²) in [5, 5.41) is 14.9. The van der Waals surface area contributed by atoms with Crippen molar-refractivity contribution in [2.45, 2.75) is 9.92 Å². The molecule has 7 nitrogen and oxygen atoms in total. The van der Waals surface area contributed by atoms with Crippen LogP contribution in [-0.2, 0) is 7.05 Å². The van der Waals surface area contributed by atoms with E-state index in [9.17, 15) is 10.1 Å². The Hall–Kier alpha value is -1.67. The van der Waals surface area contributed by atoms with Crippen LogP contribution in [0.3, 0.4) is 0 Å². The summed E-state index contributed by atoms with van der Waals surface area (Å²) in [6.45, 7) is 0. The third-order valence-electron chi connectivity index (χ3n) is 1.80. The van der Waals surface area contributed by atoms with Crippen molar-refractivity contribution in [3.8, 4) is 0 Å². The van der Waals surface area contributed by atoms with Crippen LogP contribution in [0.2, 0.25) is 5.28 Å². The van der Waals surface area contributed by atoms with Gasteiger partial charge >= 0.3 is 5.69 Å². The lowest BCUT2D eigenvalue weighted by atomic mass is 10.6. The molecule has 0 saturated carbocycles. The topological polar surface area (TPSA) is 86.7 Å². The van der Waals surface area contributed by atoms with E-state index in [4.69, 9.17) is 11.6 Å². The van der Waals surface area contributed by atoms with Crippen LogP contribution >= 0.6 is 23.4 Å². The molecule has 88 valence electrons. The summed E-state index contributed by atoms with van der Waals surface area (Å²) in [5.41, 5.74) is -0.178. The molecule has 9 heteroatoms. The van der Waals surface area contributed by atoms with Gasteiger partial charge in [0.05, 0.1) is 16.0 Å². The fraction of sp³-hybridized carbons (Fsp3) is 0.125. The van der Waals surface area contributed by atoms with Crippen molar-refractivity contribution in [1.29, 1.82) is 0 Å². The predicted octanol–water partition coefficient (Wildman–Crippen LogP) is 1.92. The largest absolute Gasteiger partial charge is 0.319 e. The molecule has 2 rings (SSSR count). The van der Waals surface area contributed by atoms with Crippen molar-refractivity contribution in [3.63, 3.8) is 0 Å². The van der Waals surface area contributed by atoms with Crippen molar-refractivity contribution in [2.75, 3.05) is 0 Å². The Morgan fingerprint density at radius 2 is 2.29 bits per heavy atom. The minimum absolute atomic E-state index is 0.0259. The Kier molecular flexibility index (Phi) is 3.25. The summed E-state index contributed by atoms with van der Waals surface area (Å²) in [6, 6.07) is 0. The zero-order valence-electron chi connectivity index (χ0n) is 8.57. The van der Waals surface area contributed by atoms with Crippen molar-refractivity contribution >= 4 is 29.1 Å². The molecule has 2 aromatic heterocycles. The van der Waals surface area contributed by atoms with Gasteiger partial charge < -0.3 is 0 Å². The molecule has 17 heavy (non-hydrogen) atoms. The Bertz CT molecular complexity index is 573. The maximum Gasteiger partial charge on any atom is 0.319 e. The third-order valence-corrected chi connectivity index (χ3v) is 2.92. The second-order valence-electron chi connectivity index (χ2n) is 3.04. The molecule has 0 fully saturated rings. The SMILES string of the molecule is Cn1cc(Sc2nc(Cl)ncc2[N+](=O)[O-])cn1. The van der Waals surface area contributed by atoms with Crippen molar-refractivity contribution in [3.05, 3.63) is 34.0 Å². The van der Waals surface area contributed by atoms with Crippen molar-refractivity contribution in [1.82, 2.24) is 19.7 Å². The second-order valence-corrected chi connectivity index (χ2v) is 4.44. The Labute approximate surface area is 105 Å². The first kappa shape index (κ1) is 11.8. The molecule has 0 aliphatic rings. The van der Waals surface area contributed by atoms with Crippen LogP contribution in [0, 0.1) is 10.1 Å². The van der Waals surface area contributed by atoms with E-state index in [1.165, 1.54) is 0 Å². The molecular weight excluding hydrogens is 266 g/mol. The number of rotatable bonds is 3. The molecular formula is C8H6ClN5O2S. The molecule has 0 aliphatic carbocycles. The number of aromatic nitrogens is 4. The van der Waals surface area contributed by atoms with Crippen molar-refractivity contribution in [2.24, 2.45) is 7.05 Å². The molecule has 0 unspecified atom stereocenters. The van der Waals surface area contributed by atoms with E-state index >= 15 is 0 Å². The summed E-state index contributed by atoms with van der Waals surface area (Å²) in [5.74, 6) is 0. The first-order valence-corrected chi connectivity index (χ1v) is 5.59. The van der Waals surface area contributed by atoms with Gasteiger partial charge in [-0.25, -0.2) is 9.97 Å². The average molecular weight is 272 g/mol. The molecule has 0 radical (unpaired) electrons. The molecule has 0 bridgehead atoms. The highest BCUT2D eigenvalue weighted by Crippen LogP contribution is 2.32. The summed E-state index contributed by atoms with van der Waals surface area (Å²) in [7, 11) is 1.76. The maximum absolute atomic E-state index is 10.8. The summed E-state index contributed by atoms with van der Waals surface area (Å²) < 4.78 is 1.59. The van der Waals surface area contributed by atoms with E-state index in [1.54, 1.807) is 24.1 Å². The van der Waals surface area contributed by atoms with Crippen LogP contribution in [-0.4, -0.2) is 24.7 Å². The minimum atomic E-state index is -0.547. The molecule has 0 aliphatic heterocycles. The van der Waals surface area contributed by atoms with Crippen molar-refractivity contribution < 1.29 is 4.92 Å². The van der Waals surface area contributed by atoms with E-state index in [0.29, 0.717) is 0 Å². The molecule has 0 spiro atoms. The third kappa shape index (κ3) is 2.71. The lowest BCUT2D eigenvalue weighted by molar-refractivity contribution is -0.388. The summed E-state index contributed by atoms with van der Waals surface area (Å²) in [4.78, 5) is 18.4. The highest BCUT2D eigenvalue weighted by Gasteiger charge is 2.18. The number of nitrogens with zero attached hydrogens (tertiary/aromatic N) is 5. The monoisotopic (exact) mass is 271 g/mol. The fourth-order valence-corrected chi connectivity index (χ4v) is 2.18. The number of hydrogen-bond acceptors (Lipinski definition) is 6. The molecule has 0 amide bonds. The lowest BCUT2D eigenvalue weighted by Gasteiger charge is -1.99. The number of aryl methyl sites for hydroxylation is 1. The van der Waals surface area contributed by atoms with Gasteiger partial charge in [0.2, 0.25) is 5.28 Å². The van der Waals surface area contributed by atoms with E-state index < -0.39 is 4.92 Å². The molecule has 0 atom stereocenters. The number of nitro groups is 1. The normalized spacial score (nSPS) is 10.5. The highest BCUT2D eigenvalue weighted by molar-refractivity contribution is 7.99. The maximum atomic E-state index is 10.8. The van der Waals surface area contributed by atoms with Gasteiger partial charge in [-0.05, 0) is 11.6 Å². The second kappa shape index (κ2) is 4.68. The van der Waals surface area contributed by atoms with Crippen LogP contribution < -0.4 is 0 Å². The van der Waals surface area contributed by atoms with Gasteiger partial charge in [-0.15, -0.1) is 0 Å². The van der Waals surface area contributed by atoms with Crippen LogP contribution in [0.5, 0.6) is 0 Å². The van der Waals surface area contributed by atoms with Gasteiger partial charge in [0, 0.05) is 13.2 Å². The zero-order chi connectivity index (χ0) is 12.4. The Morgan fingerprint density at radius 3 is 2.88 bits per heavy atom. The Balaban J connectivity index is 2.37. The first-order chi connectivity index (χ1) is 8.06. The molecule has 0 saturated heterocycles. The molecule has 0 aromatic carbocycles. The van der Waals surface area contributed by atoms with Crippen LogP contribution in [0.1, 0.15) is 0 Å². The highest BCUT2D eigenvalue weighted by atomic mass is 35.5. The molecule has 2 aromatic rings. The first-order valence-electron chi connectivity index (χ1n) is 4.39. The standard InChI is InChI=1S/C8H6ClN5O2S/c1-13-4-5(2-11-13)17-7-6(14(15)16)3-10-8(9)12-7/h2-4H,1H3. The molecule has 2 heterocycles. The van der Waals surface area contributed by atoms with Gasteiger partial charge in [-0.2, -0.15) is 5.10 Å². The van der Waals surface area contributed by atoms with E-state index in [0.717, 1.165) is 22.9 Å². The zero-order valence-corrected chi connectivity index (χ0v) is 10.1. The average Bonchev–Trinajstić information content (AvgIpc) is 2.63. The van der Waals surface area contributed by atoms with Gasteiger partial charge in [-0.3, -0.25) is 14.8 Å². The predicted molar refractivity (Wildman–Crippen MR) is 61.0 cm³/mol. The van der Waals surface area contributed by atoms with Gasteiger partial charge in [0.15, 0.2) is 5.03 Å². The summed E-state index contributed by atoms with van der Waals surface area (Å²) in [6.07, 6.45) is 4.41. The minimum Gasteiger partial charge on any atom is -0.275 e. The lowest BCUT2D eigenvalue weighted by Crippen LogP contribution is -1.95. The quantitative estimate of drug-likeness (QED) is 0.367. The van der Waals surface area contributed by atoms with Crippen LogP contribution in [0.15, 0.2) is 28.5 Å². The van der Waals surface area contributed by atoms with E-state index in [2.05, 4.69) is 15.1 Å². The molecule has 0 N–H and O–H groups in total. The van der Waals surface area contributed by atoms with Crippen LogP contribution in [0.25, 0.3) is 0 Å². The number of hydrogen-bond donors (Lipinski definition) is 0. The number of halogens is 1. The van der Waals surface area contributed by atoms with E-state index in [-0.39, 0.29) is 16.0 Å². The van der Waals surface area contributed by atoms with Gasteiger partial charge in [-0.1, -0.05) is 11.8 Å². The van der Waals surface area contributed by atoms with Gasteiger partial charge in [0.1, 0.15) is 6.20 Å². The van der Waals surface area contributed by atoms with Crippen LogP contribution in [0.4, 0.5) is 5.69 Å². The smallest absolute Gasteiger partial charge is 0.275 e. The van der Waals surface area contributed by atoms with Gasteiger partial charge in [0.25, 0.3) is 0 Å². The summed E-state index contributed by atoms with van der Waals surface area (Å²) >= 11 is 6.73. The van der Waals surface area contributed by atoms with E-state index in [1.807, 2.05) is 0 Å².